The minimum Gasteiger partial charge on any atom is -0.481 e. The van der Waals surface area contributed by atoms with Crippen molar-refractivity contribution >= 4 is 28.6 Å². The second-order valence-corrected chi connectivity index (χ2v) is 3.15. The molecule has 0 saturated heterocycles. The molecule has 0 aromatic heterocycles. The number of aliphatic hydroxyl groups excluding tert-OH is 2. The van der Waals surface area contributed by atoms with Crippen LogP contribution in [0.3, 0.4) is 0 Å². The zero-order valence-corrected chi connectivity index (χ0v) is 9.74. The van der Waals surface area contributed by atoms with Crippen LogP contribution in [0, 0.1) is 0 Å². The third-order valence-electron chi connectivity index (χ3n) is 1.18. The number of aliphatic hydroxyl groups is 2. The molecule has 0 saturated carbocycles. The second-order valence-electron chi connectivity index (χ2n) is 2.39. The molecule has 3 N–H and O–H groups in total. The van der Waals surface area contributed by atoms with Crippen LogP contribution >= 0.6 is 22.6 Å². The monoisotopic (exact) mass is 304 g/mol. The number of halogens is 1. The van der Waals surface area contributed by atoms with Crippen LogP contribution < -0.4 is 0 Å². The third-order valence-corrected chi connectivity index (χ3v) is 1.83. The Labute approximate surface area is 92.1 Å². The number of carbonyl (C=O) groups is 1. The van der Waals surface area contributed by atoms with E-state index >= 15 is 0 Å². The van der Waals surface area contributed by atoms with Crippen LogP contribution in [0.2, 0.25) is 0 Å². The van der Waals surface area contributed by atoms with Crippen molar-refractivity contribution in [2.24, 2.45) is 0 Å². The zero-order valence-electron chi connectivity index (χ0n) is 7.58. The van der Waals surface area contributed by atoms with E-state index in [1.807, 2.05) is 0 Å². The normalized spacial score (nSPS) is 8.85. The number of rotatable bonds is 6. The van der Waals surface area contributed by atoms with Gasteiger partial charge >= 0.3 is 5.97 Å². The molecule has 5 heteroatoms. The largest absolute Gasteiger partial charge is 0.481 e. The average molecular weight is 304 g/mol. The van der Waals surface area contributed by atoms with E-state index in [9.17, 15) is 4.79 Å². The van der Waals surface area contributed by atoms with Gasteiger partial charge in [-0.25, -0.2) is 0 Å². The topological polar surface area (TPSA) is 77.8 Å². The maximum absolute atomic E-state index is 9.36. The van der Waals surface area contributed by atoms with E-state index < -0.39 is 5.97 Å². The molecular formula is C8H17IO4. The molecule has 0 rings (SSSR count). The number of hydrogen-bond donors (Lipinski definition) is 3. The summed E-state index contributed by atoms with van der Waals surface area (Å²) in [6.45, 7) is 0.566. The van der Waals surface area contributed by atoms with Crippen LogP contribution in [-0.2, 0) is 4.79 Å². The molecule has 0 aromatic carbocycles. The van der Waals surface area contributed by atoms with E-state index in [0.717, 1.165) is 25.7 Å². The quantitative estimate of drug-likeness (QED) is 0.389. The Kier molecular flexibility index (Phi) is 17.5. The van der Waals surface area contributed by atoms with Crippen LogP contribution in [-0.4, -0.2) is 38.9 Å². The van der Waals surface area contributed by atoms with Gasteiger partial charge in [0, 0.05) is 13.2 Å². The molecule has 0 fully saturated rings. The van der Waals surface area contributed by atoms with Crippen molar-refractivity contribution in [3.8, 4) is 0 Å². The summed E-state index contributed by atoms with van der Waals surface area (Å²) < 4.78 is 0.192. The summed E-state index contributed by atoms with van der Waals surface area (Å²) >= 11 is 1.78. The SMILES string of the molecule is O=C(O)CI.OCCCCCCO. The average Bonchev–Trinajstić information content (AvgIpc) is 2.14. The molecule has 0 atom stereocenters. The number of carboxylic acids is 1. The smallest absolute Gasteiger partial charge is 0.313 e. The van der Waals surface area contributed by atoms with Gasteiger partial charge in [0.15, 0.2) is 0 Å². The number of unbranched alkanes of at least 4 members (excludes halogenated alkanes) is 3. The van der Waals surface area contributed by atoms with Gasteiger partial charge in [0.2, 0.25) is 0 Å². The van der Waals surface area contributed by atoms with Crippen LogP contribution in [0.5, 0.6) is 0 Å². The summed E-state index contributed by atoms with van der Waals surface area (Å²) in [5, 5.41) is 24.3. The fourth-order valence-electron chi connectivity index (χ4n) is 0.577. The molecule has 13 heavy (non-hydrogen) atoms. The lowest BCUT2D eigenvalue weighted by atomic mass is 10.2. The molecule has 0 unspecified atom stereocenters. The standard InChI is InChI=1S/C6H14O2.C2H3IO2/c7-5-3-1-2-4-6-8;3-1-2(4)5/h7-8H,1-6H2;1H2,(H,4,5). The van der Waals surface area contributed by atoms with Gasteiger partial charge in [-0.1, -0.05) is 35.4 Å². The van der Waals surface area contributed by atoms with Crippen LogP contribution in [0.4, 0.5) is 0 Å². The second kappa shape index (κ2) is 14.6. The van der Waals surface area contributed by atoms with Crippen LogP contribution in [0.25, 0.3) is 0 Å². The highest BCUT2D eigenvalue weighted by molar-refractivity contribution is 14.1. The summed E-state index contributed by atoms with van der Waals surface area (Å²) in [7, 11) is 0. The molecule has 0 aliphatic rings. The van der Waals surface area contributed by atoms with Crippen molar-refractivity contribution in [2.45, 2.75) is 25.7 Å². The van der Waals surface area contributed by atoms with Gasteiger partial charge in [-0.3, -0.25) is 4.79 Å². The molecule has 4 nitrogen and oxygen atoms in total. The van der Waals surface area contributed by atoms with Crippen molar-refractivity contribution < 1.29 is 20.1 Å². The molecule has 0 aliphatic carbocycles. The Bertz CT molecular complexity index is 102. The van der Waals surface area contributed by atoms with E-state index in [1.54, 1.807) is 22.6 Å². The molecule has 0 radical (unpaired) electrons. The van der Waals surface area contributed by atoms with Crippen LogP contribution in [0.15, 0.2) is 0 Å². The summed E-state index contributed by atoms with van der Waals surface area (Å²) in [6.07, 6.45) is 3.83. The fraction of sp³-hybridized carbons (Fsp3) is 0.875. The number of aliphatic carboxylic acids is 1. The lowest BCUT2D eigenvalue weighted by Crippen LogP contribution is -1.91. The first-order chi connectivity index (χ1) is 6.18. The summed E-state index contributed by atoms with van der Waals surface area (Å²) in [6, 6.07) is 0. The molecule has 80 valence electrons. The molecule has 0 aliphatic heterocycles. The summed E-state index contributed by atoms with van der Waals surface area (Å²) in [4.78, 5) is 9.36. The Hall–Kier alpha value is 0.120. The first-order valence-corrected chi connectivity index (χ1v) is 5.71. The lowest BCUT2D eigenvalue weighted by Gasteiger charge is -1.93. The lowest BCUT2D eigenvalue weighted by molar-refractivity contribution is -0.133. The third kappa shape index (κ3) is 24.5. The van der Waals surface area contributed by atoms with Gasteiger partial charge in [0.1, 0.15) is 0 Å². The van der Waals surface area contributed by atoms with Crippen LogP contribution in [0.1, 0.15) is 25.7 Å². The first-order valence-electron chi connectivity index (χ1n) is 4.18. The Morgan fingerprint density at radius 1 is 1.00 bits per heavy atom. The van der Waals surface area contributed by atoms with Gasteiger partial charge in [-0.15, -0.1) is 0 Å². The van der Waals surface area contributed by atoms with Crippen molar-refractivity contribution in [1.29, 1.82) is 0 Å². The van der Waals surface area contributed by atoms with Crippen molar-refractivity contribution in [3.05, 3.63) is 0 Å². The molecule has 0 bridgehead atoms. The van der Waals surface area contributed by atoms with Crippen molar-refractivity contribution in [2.75, 3.05) is 17.6 Å². The van der Waals surface area contributed by atoms with Gasteiger partial charge in [0.25, 0.3) is 0 Å². The van der Waals surface area contributed by atoms with E-state index in [1.165, 1.54) is 0 Å². The van der Waals surface area contributed by atoms with Crippen molar-refractivity contribution in [3.63, 3.8) is 0 Å². The Morgan fingerprint density at radius 3 is 1.46 bits per heavy atom. The minimum absolute atomic E-state index is 0.192. The van der Waals surface area contributed by atoms with E-state index in [4.69, 9.17) is 15.3 Å². The van der Waals surface area contributed by atoms with Gasteiger partial charge in [0.05, 0.1) is 4.43 Å². The molecule has 0 amide bonds. The summed E-state index contributed by atoms with van der Waals surface area (Å²) in [5.74, 6) is -0.759. The van der Waals surface area contributed by atoms with E-state index in [-0.39, 0.29) is 17.6 Å². The number of carboxylic acid groups (broad SMARTS) is 1. The van der Waals surface area contributed by atoms with Gasteiger partial charge < -0.3 is 15.3 Å². The highest BCUT2D eigenvalue weighted by atomic mass is 127. The van der Waals surface area contributed by atoms with Gasteiger partial charge in [-0.05, 0) is 12.8 Å². The van der Waals surface area contributed by atoms with E-state index in [2.05, 4.69) is 0 Å². The molecule has 0 heterocycles. The van der Waals surface area contributed by atoms with Crippen molar-refractivity contribution in [1.82, 2.24) is 0 Å². The molecular weight excluding hydrogens is 287 g/mol. The first kappa shape index (κ1) is 15.6. The fourth-order valence-corrected chi connectivity index (χ4v) is 0.577. The Morgan fingerprint density at radius 2 is 1.31 bits per heavy atom. The highest BCUT2D eigenvalue weighted by Crippen LogP contribution is 1.96. The highest BCUT2D eigenvalue weighted by Gasteiger charge is 1.84. The predicted octanol–water partition coefficient (Wildman–Crippen LogP) is 1.04. The molecule has 0 aromatic rings. The Balaban J connectivity index is 0. The molecule has 0 spiro atoms. The maximum atomic E-state index is 9.36. The minimum atomic E-state index is -0.759. The summed E-state index contributed by atoms with van der Waals surface area (Å²) in [5.41, 5.74) is 0. The van der Waals surface area contributed by atoms with Gasteiger partial charge in [-0.2, -0.15) is 0 Å². The zero-order chi connectivity index (χ0) is 10.5. The number of hydrogen-bond acceptors (Lipinski definition) is 3. The predicted molar refractivity (Wildman–Crippen MR) is 59.2 cm³/mol. The van der Waals surface area contributed by atoms with E-state index in [0.29, 0.717) is 0 Å². The number of alkyl halides is 1. The maximum Gasteiger partial charge on any atom is 0.313 e.